The van der Waals surface area contributed by atoms with Gasteiger partial charge in [0.2, 0.25) is 5.91 Å². The lowest BCUT2D eigenvalue weighted by Crippen LogP contribution is -2.62. The van der Waals surface area contributed by atoms with Gasteiger partial charge in [-0.1, -0.05) is 32.9 Å². The average Bonchev–Trinajstić information content (AvgIpc) is 2.67. The van der Waals surface area contributed by atoms with Crippen molar-refractivity contribution in [2.45, 2.75) is 45.9 Å². The molecule has 28 heavy (non-hydrogen) atoms. The van der Waals surface area contributed by atoms with Crippen LogP contribution >= 0.6 is 0 Å². The van der Waals surface area contributed by atoms with Gasteiger partial charge in [-0.2, -0.15) is 0 Å². The van der Waals surface area contributed by atoms with Gasteiger partial charge in [-0.05, 0) is 31.0 Å². The summed E-state index contributed by atoms with van der Waals surface area (Å²) in [4.78, 5) is 27.5. The first-order valence-electron chi connectivity index (χ1n) is 10.3. The van der Waals surface area contributed by atoms with Crippen molar-refractivity contribution >= 4 is 22.6 Å². The molecule has 3 heterocycles. The number of anilines is 1. The van der Waals surface area contributed by atoms with Gasteiger partial charge in [-0.15, -0.1) is 0 Å². The highest BCUT2D eigenvalue weighted by atomic mass is 16.2. The van der Waals surface area contributed by atoms with Crippen molar-refractivity contribution in [2.75, 3.05) is 31.5 Å². The van der Waals surface area contributed by atoms with Crippen molar-refractivity contribution in [3.8, 4) is 0 Å². The Labute approximate surface area is 166 Å². The zero-order valence-corrected chi connectivity index (χ0v) is 17.0. The summed E-state index contributed by atoms with van der Waals surface area (Å²) in [5, 5.41) is 7.67. The lowest BCUT2D eigenvalue weighted by molar-refractivity contribution is -0.125. The molecule has 4 rings (SSSR count). The van der Waals surface area contributed by atoms with Crippen molar-refractivity contribution in [1.29, 1.82) is 0 Å². The zero-order chi connectivity index (χ0) is 19.7. The van der Waals surface area contributed by atoms with E-state index in [1.54, 1.807) is 0 Å². The van der Waals surface area contributed by atoms with Crippen LogP contribution in [-0.4, -0.2) is 64.1 Å². The molecular weight excluding hydrogens is 352 g/mol. The van der Waals surface area contributed by atoms with Gasteiger partial charge in [0.05, 0.1) is 18.2 Å². The molecule has 2 atom stereocenters. The second-order valence-corrected chi connectivity index (χ2v) is 8.17. The minimum absolute atomic E-state index is 0.0209. The topological polar surface area (TPSA) is 73.4 Å². The Morgan fingerprint density at radius 2 is 2.00 bits per heavy atom. The molecule has 2 bridgehead atoms. The monoisotopic (exact) mass is 382 g/mol. The van der Waals surface area contributed by atoms with E-state index < -0.39 is 0 Å². The van der Waals surface area contributed by atoms with Crippen molar-refractivity contribution < 1.29 is 4.79 Å². The highest BCUT2D eigenvalue weighted by molar-refractivity contribution is 5.92. The Hall–Kier alpha value is -2.25. The molecule has 7 heteroatoms. The second-order valence-electron chi connectivity index (χ2n) is 8.17. The van der Waals surface area contributed by atoms with E-state index in [1.165, 1.54) is 0 Å². The number of nitrogens with zero attached hydrogens (tertiary/aromatic N) is 4. The summed E-state index contributed by atoms with van der Waals surface area (Å²) in [7, 11) is 0. The van der Waals surface area contributed by atoms with Crippen LogP contribution in [0.15, 0.2) is 24.3 Å². The second kappa shape index (κ2) is 8.01. The minimum Gasteiger partial charge on any atom is -0.358 e. The standard InChI is InChI=1S/C21H30N6O/c1-4-9-26-10-11-27-12-17-22-16-8-6-5-7-15(16)20(23-17)25-19(14(2)3)21(28)24-18(27)13-26/h5-8,14,18-19H,4,9-13H2,1-3H3,(H,24,28)(H,22,23,25). The van der Waals surface area contributed by atoms with Gasteiger partial charge >= 0.3 is 0 Å². The van der Waals surface area contributed by atoms with Gasteiger partial charge in [0.15, 0.2) is 0 Å². The third kappa shape index (κ3) is 3.82. The van der Waals surface area contributed by atoms with Crippen LogP contribution in [-0.2, 0) is 11.3 Å². The van der Waals surface area contributed by atoms with Gasteiger partial charge in [0.1, 0.15) is 17.7 Å². The highest BCUT2D eigenvalue weighted by Gasteiger charge is 2.33. The maximum absolute atomic E-state index is 13.2. The molecule has 0 spiro atoms. The van der Waals surface area contributed by atoms with Gasteiger partial charge in [0, 0.05) is 25.0 Å². The molecule has 2 unspecified atom stereocenters. The van der Waals surface area contributed by atoms with Gasteiger partial charge in [0.25, 0.3) is 0 Å². The lowest BCUT2D eigenvalue weighted by atomic mass is 10.0. The van der Waals surface area contributed by atoms with E-state index in [4.69, 9.17) is 9.97 Å². The predicted molar refractivity (Wildman–Crippen MR) is 111 cm³/mol. The normalized spacial score (nSPS) is 23.9. The summed E-state index contributed by atoms with van der Waals surface area (Å²) in [5.74, 6) is 1.72. The number of nitrogens with one attached hydrogen (secondary N) is 2. The van der Waals surface area contributed by atoms with E-state index in [-0.39, 0.29) is 24.0 Å². The molecule has 1 aromatic carbocycles. The molecule has 0 saturated carbocycles. The molecule has 1 fully saturated rings. The van der Waals surface area contributed by atoms with Crippen molar-refractivity contribution in [3.05, 3.63) is 30.1 Å². The smallest absolute Gasteiger partial charge is 0.244 e. The fourth-order valence-corrected chi connectivity index (χ4v) is 4.15. The summed E-state index contributed by atoms with van der Waals surface area (Å²) in [6, 6.07) is 7.66. The number of carbonyl (C=O) groups is 1. The van der Waals surface area contributed by atoms with Crippen LogP contribution in [0.25, 0.3) is 10.9 Å². The minimum atomic E-state index is -0.340. The van der Waals surface area contributed by atoms with Crippen LogP contribution in [0.4, 0.5) is 5.82 Å². The highest BCUT2D eigenvalue weighted by Crippen LogP contribution is 2.24. The Balaban J connectivity index is 1.74. The van der Waals surface area contributed by atoms with E-state index in [1.807, 2.05) is 24.3 Å². The largest absolute Gasteiger partial charge is 0.358 e. The number of hydrogen-bond acceptors (Lipinski definition) is 6. The van der Waals surface area contributed by atoms with E-state index in [0.29, 0.717) is 6.54 Å². The molecule has 2 aromatic rings. The van der Waals surface area contributed by atoms with E-state index in [9.17, 15) is 4.79 Å². The first kappa shape index (κ1) is 19.1. The molecule has 1 amide bonds. The third-order valence-corrected chi connectivity index (χ3v) is 5.66. The third-order valence-electron chi connectivity index (χ3n) is 5.66. The maximum atomic E-state index is 13.2. The number of benzene rings is 1. The number of aromatic nitrogens is 2. The SMILES string of the molecule is CCCN1CCN2Cc3nc(c4ccccc4n3)NC(C(C)C)C(=O)NC2C1. The van der Waals surface area contributed by atoms with E-state index in [0.717, 1.165) is 55.1 Å². The molecule has 1 aromatic heterocycles. The van der Waals surface area contributed by atoms with Crippen LogP contribution in [0, 0.1) is 5.92 Å². The summed E-state index contributed by atoms with van der Waals surface area (Å²) in [6.45, 7) is 10.8. The number of piperazine rings is 1. The number of amides is 1. The summed E-state index contributed by atoms with van der Waals surface area (Å²) in [6.07, 6.45) is 1.10. The predicted octanol–water partition coefficient (Wildman–Crippen LogP) is 2.05. The molecule has 2 aliphatic heterocycles. The fourth-order valence-electron chi connectivity index (χ4n) is 4.15. The maximum Gasteiger partial charge on any atom is 0.244 e. The van der Waals surface area contributed by atoms with E-state index >= 15 is 0 Å². The molecule has 1 saturated heterocycles. The molecule has 0 aliphatic carbocycles. The summed E-state index contributed by atoms with van der Waals surface area (Å²) < 4.78 is 0. The summed E-state index contributed by atoms with van der Waals surface area (Å²) >= 11 is 0. The fraction of sp³-hybridized carbons (Fsp3) is 0.571. The average molecular weight is 383 g/mol. The Kier molecular flexibility index (Phi) is 5.46. The van der Waals surface area contributed by atoms with Crippen LogP contribution in [0.1, 0.15) is 33.0 Å². The van der Waals surface area contributed by atoms with Crippen molar-refractivity contribution in [3.63, 3.8) is 0 Å². The van der Waals surface area contributed by atoms with Crippen molar-refractivity contribution in [1.82, 2.24) is 25.1 Å². The number of hydrogen-bond donors (Lipinski definition) is 2. The van der Waals surface area contributed by atoms with Crippen LogP contribution in [0.5, 0.6) is 0 Å². The van der Waals surface area contributed by atoms with Crippen LogP contribution in [0.3, 0.4) is 0 Å². The van der Waals surface area contributed by atoms with Gasteiger partial charge < -0.3 is 10.6 Å². The lowest BCUT2D eigenvalue weighted by Gasteiger charge is -2.42. The number of carbonyl (C=O) groups excluding carboxylic acids is 1. The molecule has 7 nitrogen and oxygen atoms in total. The Bertz CT molecular complexity index is 854. The Morgan fingerprint density at radius 3 is 2.79 bits per heavy atom. The molecular formula is C21H30N6O. The molecule has 2 N–H and O–H groups in total. The number of fused-ring (bicyclic) bond motifs is 5. The van der Waals surface area contributed by atoms with Crippen LogP contribution < -0.4 is 10.6 Å². The first-order valence-corrected chi connectivity index (χ1v) is 10.3. The number of para-hydroxylation sites is 1. The van der Waals surface area contributed by atoms with Crippen LogP contribution in [0.2, 0.25) is 0 Å². The van der Waals surface area contributed by atoms with Crippen molar-refractivity contribution in [2.24, 2.45) is 5.92 Å². The first-order chi connectivity index (χ1) is 13.5. The number of rotatable bonds is 3. The summed E-state index contributed by atoms with van der Waals surface area (Å²) in [5.41, 5.74) is 0.916. The molecule has 150 valence electrons. The Morgan fingerprint density at radius 1 is 1.18 bits per heavy atom. The quantitative estimate of drug-likeness (QED) is 0.846. The molecule has 2 aliphatic rings. The van der Waals surface area contributed by atoms with Gasteiger partial charge in [-0.25, -0.2) is 9.97 Å². The van der Waals surface area contributed by atoms with E-state index in [2.05, 4.69) is 41.2 Å². The zero-order valence-electron chi connectivity index (χ0n) is 17.0. The van der Waals surface area contributed by atoms with Gasteiger partial charge in [-0.3, -0.25) is 14.6 Å². The molecule has 0 radical (unpaired) electrons.